The second kappa shape index (κ2) is 7.95. The molecular weight excluding hydrogens is 447 g/mol. The lowest BCUT2D eigenvalue weighted by Gasteiger charge is -2.61. The van der Waals surface area contributed by atoms with Gasteiger partial charge in [0, 0.05) is 18.7 Å². The summed E-state index contributed by atoms with van der Waals surface area (Å²) in [5.74, 6) is 4.21. The molecule has 0 N–H and O–H groups in total. The van der Waals surface area contributed by atoms with E-state index in [0.717, 1.165) is 30.1 Å². The van der Waals surface area contributed by atoms with E-state index in [1.165, 1.54) is 69.7 Å². The van der Waals surface area contributed by atoms with E-state index >= 15 is 0 Å². The molecule has 5 heteroatoms. The van der Waals surface area contributed by atoms with Crippen molar-refractivity contribution in [1.82, 2.24) is 4.98 Å². The molecule has 0 amide bonds. The molecule has 10 atom stereocenters. The Labute approximate surface area is 208 Å². The molecule has 1 aromatic heterocycles. The first-order chi connectivity index (χ1) is 16.6. The van der Waals surface area contributed by atoms with Crippen LogP contribution in [-0.4, -0.2) is 18.2 Å². The number of hydrogen-bond acceptors (Lipinski definition) is 2. The van der Waals surface area contributed by atoms with Gasteiger partial charge in [0.05, 0.1) is 17.4 Å². The predicted octanol–water partition coefficient (Wildman–Crippen LogP) is 7.95. The van der Waals surface area contributed by atoms with Gasteiger partial charge in [-0.3, -0.25) is 4.98 Å². The predicted molar refractivity (Wildman–Crippen MR) is 131 cm³/mol. The number of alkyl halides is 3. The first-order valence-electron chi connectivity index (χ1n) is 14.1. The van der Waals surface area contributed by atoms with Crippen molar-refractivity contribution in [3.8, 4) is 0 Å². The van der Waals surface area contributed by atoms with Gasteiger partial charge in [0.2, 0.25) is 0 Å². The van der Waals surface area contributed by atoms with Crippen LogP contribution in [0.3, 0.4) is 0 Å². The highest BCUT2D eigenvalue weighted by Gasteiger charge is 2.77. The van der Waals surface area contributed by atoms with E-state index in [2.05, 4.69) is 25.8 Å². The summed E-state index contributed by atoms with van der Waals surface area (Å²) in [4.78, 5) is 4.13. The molecule has 5 aliphatic rings. The van der Waals surface area contributed by atoms with Gasteiger partial charge >= 0.3 is 6.18 Å². The third kappa shape index (κ3) is 3.28. The summed E-state index contributed by atoms with van der Waals surface area (Å²) in [5.41, 5.74) is 0.857. The Morgan fingerprint density at radius 2 is 1.91 bits per heavy atom. The molecule has 194 valence electrons. The largest absolute Gasteiger partial charge is 0.418 e. The van der Waals surface area contributed by atoms with Gasteiger partial charge in [0.1, 0.15) is 0 Å². The fourth-order valence-electron chi connectivity index (χ4n) is 11.0. The van der Waals surface area contributed by atoms with Crippen molar-refractivity contribution >= 4 is 0 Å². The van der Waals surface area contributed by atoms with Gasteiger partial charge in [0.15, 0.2) is 0 Å². The SMILES string of the molecule is COC1C[C@H]2[C@@H]3CC[C@H]([C@H](C)CCc4ncccc4C(F)(F)F)[C@@]3(C)CC[C@@H]2[C@@]2(C)CC[C@@H]3CC132. The number of aromatic nitrogens is 1. The number of pyridine rings is 1. The van der Waals surface area contributed by atoms with Crippen LogP contribution in [0.4, 0.5) is 13.2 Å². The smallest absolute Gasteiger partial charge is 0.381 e. The van der Waals surface area contributed by atoms with Crippen LogP contribution in [0.15, 0.2) is 18.3 Å². The second-order valence-electron chi connectivity index (χ2n) is 13.5. The zero-order chi connectivity index (χ0) is 24.8. The van der Waals surface area contributed by atoms with Crippen LogP contribution in [0.25, 0.3) is 0 Å². The molecule has 0 bridgehead atoms. The van der Waals surface area contributed by atoms with E-state index in [4.69, 9.17) is 4.74 Å². The molecule has 5 aliphatic carbocycles. The summed E-state index contributed by atoms with van der Waals surface area (Å²) < 4.78 is 46.7. The first kappa shape index (κ1) is 24.2. The molecule has 0 saturated heterocycles. The molecule has 6 rings (SSSR count). The molecule has 1 heterocycles. The summed E-state index contributed by atoms with van der Waals surface area (Å²) >= 11 is 0. The lowest BCUT2D eigenvalue weighted by atomic mass is 9.45. The monoisotopic (exact) mass is 489 g/mol. The maximum atomic E-state index is 13.5. The van der Waals surface area contributed by atoms with Gasteiger partial charge in [0.25, 0.3) is 0 Å². The normalized spacial score (nSPS) is 46.9. The third-order valence-corrected chi connectivity index (χ3v) is 12.6. The maximum Gasteiger partial charge on any atom is 0.418 e. The molecular formula is C30H42F3NO. The lowest BCUT2D eigenvalue weighted by Crippen LogP contribution is -2.57. The Hall–Kier alpha value is -1.10. The minimum atomic E-state index is -4.33. The van der Waals surface area contributed by atoms with Gasteiger partial charge in [-0.2, -0.15) is 13.2 Å². The molecule has 0 aromatic carbocycles. The molecule has 0 aliphatic heterocycles. The van der Waals surface area contributed by atoms with Gasteiger partial charge in [-0.1, -0.05) is 20.8 Å². The van der Waals surface area contributed by atoms with Crippen LogP contribution in [-0.2, 0) is 17.3 Å². The summed E-state index contributed by atoms with van der Waals surface area (Å²) in [6.45, 7) is 7.44. The first-order valence-corrected chi connectivity index (χ1v) is 14.1. The van der Waals surface area contributed by atoms with Crippen LogP contribution >= 0.6 is 0 Å². The van der Waals surface area contributed by atoms with E-state index in [9.17, 15) is 13.2 Å². The molecule has 2 nitrogen and oxygen atoms in total. The highest BCUT2D eigenvalue weighted by molar-refractivity contribution is 5.26. The standard InChI is InChI=1S/C30H42F3NO/c1-18(7-10-25-24(30(31,32)33)6-5-15-34-25)21-8-9-22-20-16-26(35-4)29-17-19(29)11-14-28(29,3)23(20)12-13-27(21,22)2/h5-6,15,18-23,26H,7-14,16-17H2,1-4H3/t18-,19-,20+,21-,22+,23+,26?,27-,28-,29?/m1/s1. The highest BCUT2D eigenvalue weighted by Crippen LogP contribution is 2.82. The molecule has 2 unspecified atom stereocenters. The van der Waals surface area contributed by atoms with Gasteiger partial charge < -0.3 is 4.74 Å². The number of aryl methyl sites for hydroxylation is 1. The van der Waals surface area contributed by atoms with Crippen molar-refractivity contribution in [2.45, 2.75) is 97.3 Å². The van der Waals surface area contributed by atoms with Crippen LogP contribution in [0.2, 0.25) is 0 Å². The summed E-state index contributed by atoms with van der Waals surface area (Å²) in [6.07, 6.45) is 9.32. The van der Waals surface area contributed by atoms with Crippen LogP contribution in [0, 0.1) is 51.8 Å². The van der Waals surface area contributed by atoms with Crippen LogP contribution < -0.4 is 0 Å². The van der Waals surface area contributed by atoms with Crippen LogP contribution in [0.1, 0.15) is 89.8 Å². The number of halogens is 3. The average molecular weight is 490 g/mol. The Morgan fingerprint density at radius 1 is 1.11 bits per heavy atom. The number of rotatable bonds is 5. The Morgan fingerprint density at radius 3 is 2.63 bits per heavy atom. The van der Waals surface area contributed by atoms with Crippen molar-refractivity contribution in [1.29, 1.82) is 0 Å². The number of hydrogen-bond donors (Lipinski definition) is 0. The Kier molecular flexibility index (Phi) is 5.51. The summed E-state index contributed by atoms with van der Waals surface area (Å²) in [5, 5.41) is 0. The lowest BCUT2D eigenvalue weighted by molar-refractivity contribution is -0.161. The van der Waals surface area contributed by atoms with Crippen molar-refractivity contribution < 1.29 is 17.9 Å². The third-order valence-electron chi connectivity index (χ3n) is 12.6. The van der Waals surface area contributed by atoms with Crippen molar-refractivity contribution in [3.63, 3.8) is 0 Å². The van der Waals surface area contributed by atoms with E-state index in [0.29, 0.717) is 40.6 Å². The van der Waals surface area contributed by atoms with Crippen LogP contribution in [0.5, 0.6) is 0 Å². The van der Waals surface area contributed by atoms with Crippen molar-refractivity contribution in [2.75, 3.05) is 7.11 Å². The summed E-state index contributed by atoms with van der Waals surface area (Å²) in [7, 11) is 1.95. The van der Waals surface area contributed by atoms with Crippen molar-refractivity contribution in [3.05, 3.63) is 29.6 Å². The number of fused-ring (bicyclic) bond motifs is 4. The van der Waals surface area contributed by atoms with E-state index in [1.54, 1.807) is 0 Å². The van der Waals surface area contributed by atoms with Gasteiger partial charge in [-0.15, -0.1) is 0 Å². The average Bonchev–Trinajstić information content (AvgIpc) is 3.33. The minimum Gasteiger partial charge on any atom is -0.381 e. The molecule has 1 aromatic rings. The maximum absolute atomic E-state index is 13.5. The van der Waals surface area contributed by atoms with E-state index < -0.39 is 11.7 Å². The summed E-state index contributed by atoms with van der Waals surface area (Å²) in [6, 6.07) is 2.57. The molecule has 1 spiro atoms. The number of nitrogens with zero attached hydrogens (tertiary/aromatic N) is 1. The molecule has 5 fully saturated rings. The Bertz CT molecular complexity index is 979. The fourth-order valence-corrected chi connectivity index (χ4v) is 11.0. The molecule has 35 heavy (non-hydrogen) atoms. The van der Waals surface area contributed by atoms with Gasteiger partial charge in [-0.05, 0) is 123 Å². The number of ether oxygens (including phenoxy) is 1. The number of methoxy groups -OCH3 is 1. The quantitative estimate of drug-likeness (QED) is 0.419. The van der Waals surface area contributed by atoms with Gasteiger partial charge in [-0.25, -0.2) is 0 Å². The van der Waals surface area contributed by atoms with E-state index in [-0.39, 0.29) is 5.69 Å². The Balaban J connectivity index is 1.20. The van der Waals surface area contributed by atoms with Crippen molar-refractivity contribution in [2.24, 2.45) is 51.8 Å². The minimum absolute atomic E-state index is 0.212. The molecule has 5 saturated carbocycles. The zero-order valence-electron chi connectivity index (χ0n) is 21.8. The highest BCUT2D eigenvalue weighted by atomic mass is 19.4. The second-order valence-corrected chi connectivity index (χ2v) is 13.5. The van der Waals surface area contributed by atoms with E-state index in [1.807, 2.05) is 7.11 Å². The zero-order valence-corrected chi connectivity index (χ0v) is 21.8. The molecule has 0 radical (unpaired) electrons. The fraction of sp³-hybridized carbons (Fsp3) is 0.833. The topological polar surface area (TPSA) is 22.1 Å².